The molecule has 96 valence electrons. The highest BCUT2D eigenvalue weighted by Crippen LogP contribution is 2.34. The molecule has 4 rings (SSSR count). The summed E-state index contributed by atoms with van der Waals surface area (Å²) < 4.78 is 1.13. The maximum atomic E-state index is 6.20. The number of nitrogens with zero attached hydrogens (tertiary/aromatic N) is 1. The molecule has 1 aromatic heterocycles. The maximum Gasteiger partial charge on any atom is 0.124 e. The van der Waals surface area contributed by atoms with Crippen LogP contribution in [0.2, 0.25) is 5.02 Å². The molecule has 20 heavy (non-hydrogen) atoms. The Labute approximate surface area is 125 Å². The largest absolute Gasteiger partial charge is 0.234 e. The van der Waals surface area contributed by atoms with Crippen molar-refractivity contribution in [1.29, 1.82) is 0 Å². The molecule has 0 atom stereocenters. The number of hydrogen-bond donors (Lipinski definition) is 0. The van der Waals surface area contributed by atoms with Crippen molar-refractivity contribution in [1.82, 2.24) is 4.98 Å². The fraction of sp³-hybridized carbons (Fsp3) is 0. The molecule has 0 radical (unpaired) electrons. The molecule has 0 spiro atoms. The number of rotatable bonds is 1. The summed E-state index contributed by atoms with van der Waals surface area (Å²) in [4.78, 5) is 4.68. The van der Waals surface area contributed by atoms with E-state index >= 15 is 0 Å². The minimum atomic E-state index is 0.714. The van der Waals surface area contributed by atoms with Gasteiger partial charge in [0.2, 0.25) is 0 Å². The zero-order valence-electron chi connectivity index (χ0n) is 10.5. The zero-order chi connectivity index (χ0) is 13.5. The Bertz CT molecular complexity index is 926. The van der Waals surface area contributed by atoms with Gasteiger partial charge >= 0.3 is 0 Å². The highest BCUT2D eigenvalue weighted by molar-refractivity contribution is 7.21. The van der Waals surface area contributed by atoms with Crippen molar-refractivity contribution in [3.05, 3.63) is 65.7 Å². The molecule has 0 aliphatic rings. The van der Waals surface area contributed by atoms with E-state index in [-0.39, 0.29) is 0 Å². The van der Waals surface area contributed by atoms with Gasteiger partial charge in [-0.15, -0.1) is 11.3 Å². The SMILES string of the molecule is Clc1cccc2sc(-c3ccc4ccccc4c3)nc12. The lowest BCUT2D eigenvalue weighted by atomic mass is 10.1. The summed E-state index contributed by atoms with van der Waals surface area (Å²) in [5, 5.41) is 4.20. The van der Waals surface area contributed by atoms with E-state index in [1.165, 1.54) is 10.8 Å². The van der Waals surface area contributed by atoms with Gasteiger partial charge in [0.05, 0.1) is 9.72 Å². The molecular weight excluding hydrogens is 286 g/mol. The van der Waals surface area contributed by atoms with Crippen molar-refractivity contribution in [2.75, 3.05) is 0 Å². The van der Waals surface area contributed by atoms with Crippen LogP contribution in [0.25, 0.3) is 31.6 Å². The lowest BCUT2D eigenvalue weighted by molar-refractivity contribution is 1.48. The standard InChI is InChI=1S/C17H10ClNS/c18-14-6-3-7-15-16(14)19-17(20-15)13-9-8-11-4-1-2-5-12(11)10-13/h1-10H. The molecule has 0 aliphatic heterocycles. The summed E-state index contributed by atoms with van der Waals surface area (Å²) in [6.45, 7) is 0. The number of thiazole rings is 1. The van der Waals surface area contributed by atoms with Crippen LogP contribution in [-0.4, -0.2) is 4.98 Å². The Morgan fingerprint density at radius 1 is 0.850 bits per heavy atom. The van der Waals surface area contributed by atoms with E-state index in [9.17, 15) is 0 Å². The van der Waals surface area contributed by atoms with E-state index < -0.39 is 0 Å². The van der Waals surface area contributed by atoms with E-state index in [0.29, 0.717) is 5.02 Å². The molecule has 0 N–H and O–H groups in total. The second-order valence-corrected chi connectivity index (χ2v) is 6.11. The Morgan fingerprint density at radius 3 is 2.55 bits per heavy atom. The molecule has 1 heterocycles. The first kappa shape index (κ1) is 11.9. The molecule has 0 amide bonds. The smallest absolute Gasteiger partial charge is 0.124 e. The van der Waals surface area contributed by atoms with E-state index in [0.717, 1.165) is 20.8 Å². The first-order valence-electron chi connectivity index (χ1n) is 6.35. The minimum Gasteiger partial charge on any atom is -0.234 e. The van der Waals surface area contributed by atoms with Gasteiger partial charge in [-0.3, -0.25) is 0 Å². The van der Waals surface area contributed by atoms with E-state index in [1.54, 1.807) is 11.3 Å². The molecule has 1 nitrogen and oxygen atoms in total. The molecule has 3 aromatic carbocycles. The second-order valence-electron chi connectivity index (χ2n) is 4.67. The number of fused-ring (bicyclic) bond motifs is 2. The summed E-state index contributed by atoms with van der Waals surface area (Å²) in [6.07, 6.45) is 0. The van der Waals surface area contributed by atoms with Gasteiger partial charge in [0.25, 0.3) is 0 Å². The number of aromatic nitrogens is 1. The molecule has 0 saturated heterocycles. The van der Waals surface area contributed by atoms with Crippen LogP contribution in [0.3, 0.4) is 0 Å². The summed E-state index contributed by atoms with van der Waals surface area (Å²) in [6, 6.07) is 20.7. The number of halogens is 1. The first-order valence-corrected chi connectivity index (χ1v) is 7.55. The van der Waals surface area contributed by atoms with Crippen molar-refractivity contribution in [3.63, 3.8) is 0 Å². The maximum absolute atomic E-state index is 6.20. The molecule has 0 saturated carbocycles. The quantitative estimate of drug-likeness (QED) is 0.434. The lowest BCUT2D eigenvalue weighted by Gasteiger charge is -2.00. The van der Waals surface area contributed by atoms with E-state index in [2.05, 4.69) is 53.5 Å². The molecule has 3 heteroatoms. The summed E-state index contributed by atoms with van der Waals surface area (Å²) in [5.41, 5.74) is 2.03. The Morgan fingerprint density at radius 2 is 1.70 bits per heavy atom. The van der Waals surface area contributed by atoms with Gasteiger partial charge in [0.1, 0.15) is 10.5 Å². The van der Waals surface area contributed by atoms with Gasteiger partial charge in [0, 0.05) is 5.56 Å². The molecule has 0 fully saturated rings. The monoisotopic (exact) mass is 295 g/mol. The van der Waals surface area contributed by atoms with Crippen LogP contribution in [0.15, 0.2) is 60.7 Å². The van der Waals surface area contributed by atoms with Gasteiger partial charge < -0.3 is 0 Å². The summed E-state index contributed by atoms with van der Waals surface area (Å²) in [7, 11) is 0. The fourth-order valence-electron chi connectivity index (χ4n) is 2.36. The Hall–Kier alpha value is -1.90. The van der Waals surface area contributed by atoms with Crippen molar-refractivity contribution in [3.8, 4) is 10.6 Å². The zero-order valence-corrected chi connectivity index (χ0v) is 12.1. The van der Waals surface area contributed by atoms with Gasteiger partial charge in [-0.2, -0.15) is 0 Å². The average molecular weight is 296 g/mol. The van der Waals surface area contributed by atoms with Crippen molar-refractivity contribution >= 4 is 43.9 Å². The Kier molecular flexibility index (Phi) is 2.72. The third-order valence-electron chi connectivity index (χ3n) is 3.37. The topological polar surface area (TPSA) is 12.9 Å². The molecular formula is C17H10ClNS. The number of hydrogen-bond acceptors (Lipinski definition) is 2. The van der Waals surface area contributed by atoms with E-state index in [4.69, 9.17) is 11.6 Å². The fourth-order valence-corrected chi connectivity index (χ4v) is 3.62. The van der Waals surface area contributed by atoms with Crippen molar-refractivity contribution in [2.45, 2.75) is 0 Å². The van der Waals surface area contributed by atoms with Crippen LogP contribution in [0.4, 0.5) is 0 Å². The summed E-state index contributed by atoms with van der Waals surface area (Å²) in [5.74, 6) is 0. The highest BCUT2D eigenvalue weighted by atomic mass is 35.5. The second kappa shape index (κ2) is 4.58. The van der Waals surface area contributed by atoms with Crippen LogP contribution in [0.5, 0.6) is 0 Å². The third kappa shape index (κ3) is 1.89. The normalized spacial score (nSPS) is 11.2. The number of benzene rings is 3. The predicted molar refractivity (Wildman–Crippen MR) is 87.6 cm³/mol. The van der Waals surface area contributed by atoms with Crippen molar-refractivity contribution in [2.24, 2.45) is 0 Å². The van der Waals surface area contributed by atoms with E-state index in [1.807, 2.05) is 12.1 Å². The van der Waals surface area contributed by atoms with Crippen LogP contribution < -0.4 is 0 Å². The minimum absolute atomic E-state index is 0.714. The third-order valence-corrected chi connectivity index (χ3v) is 4.74. The molecule has 0 aliphatic carbocycles. The predicted octanol–water partition coefficient (Wildman–Crippen LogP) is 5.77. The van der Waals surface area contributed by atoms with Crippen molar-refractivity contribution < 1.29 is 0 Å². The molecule has 4 aromatic rings. The van der Waals surface area contributed by atoms with Gasteiger partial charge in [-0.05, 0) is 29.0 Å². The van der Waals surface area contributed by atoms with Crippen LogP contribution in [0, 0.1) is 0 Å². The number of para-hydroxylation sites is 1. The van der Waals surface area contributed by atoms with Crippen LogP contribution in [-0.2, 0) is 0 Å². The Balaban J connectivity index is 1.94. The molecule has 0 unspecified atom stereocenters. The summed E-state index contributed by atoms with van der Waals surface area (Å²) >= 11 is 7.87. The van der Waals surface area contributed by atoms with Gasteiger partial charge in [-0.1, -0.05) is 54.1 Å². The van der Waals surface area contributed by atoms with Crippen LogP contribution in [0.1, 0.15) is 0 Å². The van der Waals surface area contributed by atoms with Gasteiger partial charge in [0.15, 0.2) is 0 Å². The van der Waals surface area contributed by atoms with Crippen LogP contribution >= 0.6 is 22.9 Å². The lowest BCUT2D eigenvalue weighted by Crippen LogP contribution is -1.78. The first-order chi connectivity index (χ1) is 9.81. The van der Waals surface area contributed by atoms with Gasteiger partial charge in [-0.25, -0.2) is 4.98 Å². The average Bonchev–Trinajstić information content (AvgIpc) is 2.92. The highest BCUT2D eigenvalue weighted by Gasteiger charge is 2.09. The molecule has 0 bridgehead atoms.